The molecule has 1 fully saturated rings. The number of aliphatic hydroxyl groups is 2. The first kappa shape index (κ1) is 24.2. The Bertz CT molecular complexity index is 976. The average Bonchev–Trinajstić information content (AvgIpc) is 3.43. The first-order valence-electron chi connectivity index (χ1n) is 12.3. The number of carbonyl (C=O) groups excluding carboxylic acids is 3. The van der Waals surface area contributed by atoms with E-state index in [9.17, 15) is 24.6 Å². The van der Waals surface area contributed by atoms with Crippen LogP contribution in [0.4, 0.5) is 0 Å². The summed E-state index contributed by atoms with van der Waals surface area (Å²) in [4.78, 5) is 37.0. The highest BCUT2D eigenvalue weighted by molar-refractivity contribution is 6.21. The molecule has 7 heteroatoms. The second kappa shape index (κ2) is 10.6. The molecule has 2 aliphatic carbocycles. The van der Waals surface area contributed by atoms with Crippen molar-refractivity contribution in [3.63, 3.8) is 0 Å². The van der Waals surface area contributed by atoms with Gasteiger partial charge in [-0.3, -0.25) is 14.4 Å². The number of carbonyl (C=O) groups is 3. The first-order chi connectivity index (χ1) is 16.4. The molecule has 7 nitrogen and oxygen atoms in total. The van der Waals surface area contributed by atoms with Crippen molar-refractivity contribution in [3.05, 3.63) is 59.9 Å². The van der Waals surface area contributed by atoms with Crippen LogP contribution in [0, 0.1) is 29.6 Å². The predicted octanol–water partition coefficient (Wildman–Crippen LogP) is 2.66. The highest BCUT2D eigenvalue weighted by atomic mass is 16.3. The van der Waals surface area contributed by atoms with Gasteiger partial charge in [0, 0.05) is 19.0 Å². The smallest absolute Gasteiger partial charge is 0.259 e. The van der Waals surface area contributed by atoms with Crippen LogP contribution >= 0.6 is 0 Å². The zero-order valence-electron chi connectivity index (χ0n) is 19.5. The minimum atomic E-state index is -1.13. The monoisotopic (exact) mass is 466 g/mol. The second-order valence-electron chi connectivity index (χ2n) is 9.82. The molecule has 2 bridgehead atoms. The zero-order valence-corrected chi connectivity index (χ0v) is 19.5. The molecule has 2 amide bonds. The molecule has 0 aromatic heterocycles. The number of ketones is 1. The summed E-state index contributed by atoms with van der Waals surface area (Å²) in [6.45, 7) is 2.43. The second-order valence-corrected chi connectivity index (χ2v) is 9.82. The summed E-state index contributed by atoms with van der Waals surface area (Å²) in [6, 6.07) is -1.04. The third-order valence-corrected chi connectivity index (χ3v) is 7.69. The van der Waals surface area contributed by atoms with Crippen molar-refractivity contribution in [2.45, 2.75) is 51.2 Å². The van der Waals surface area contributed by atoms with E-state index in [4.69, 9.17) is 0 Å². The van der Waals surface area contributed by atoms with Gasteiger partial charge >= 0.3 is 0 Å². The Morgan fingerprint density at radius 2 is 1.85 bits per heavy atom. The van der Waals surface area contributed by atoms with E-state index in [1.54, 1.807) is 6.08 Å². The molecule has 0 aromatic rings. The Morgan fingerprint density at radius 3 is 2.68 bits per heavy atom. The highest BCUT2D eigenvalue weighted by Gasteiger charge is 2.44. The van der Waals surface area contributed by atoms with Crippen molar-refractivity contribution >= 4 is 17.6 Å². The first-order valence-corrected chi connectivity index (χ1v) is 12.3. The van der Waals surface area contributed by atoms with E-state index in [1.165, 1.54) is 6.08 Å². The minimum Gasteiger partial charge on any atom is -0.509 e. The summed E-state index contributed by atoms with van der Waals surface area (Å²) in [5, 5.41) is 26.0. The van der Waals surface area contributed by atoms with Gasteiger partial charge in [0.15, 0.2) is 5.78 Å². The van der Waals surface area contributed by atoms with Crippen molar-refractivity contribution in [3.8, 4) is 0 Å². The number of allylic oxidation sites excluding steroid dienone is 7. The topological polar surface area (TPSA) is 116 Å². The summed E-state index contributed by atoms with van der Waals surface area (Å²) >= 11 is 0. The molecule has 0 unspecified atom stereocenters. The Hall–Kier alpha value is -2.93. The summed E-state index contributed by atoms with van der Waals surface area (Å²) in [5.41, 5.74) is -0.267. The van der Waals surface area contributed by atoms with E-state index in [2.05, 4.69) is 41.9 Å². The lowest BCUT2D eigenvalue weighted by atomic mass is 9.85. The molecule has 0 spiro atoms. The van der Waals surface area contributed by atoms with E-state index < -0.39 is 29.6 Å². The maximum absolute atomic E-state index is 12.7. The molecule has 4 aliphatic rings. The summed E-state index contributed by atoms with van der Waals surface area (Å²) in [6.07, 6.45) is 17.7. The maximum atomic E-state index is 12.7. The number of Topliss-reactive ketones (excluding diaryl/α,β-unsaturated/α-hetero) is 1. The highest BCUT2D eigenvalue weighted by Crippen LogP contribution is 2.51. The van der Waals surface area contributed by atoms with Gasteiger partial charge in [0.05, 0.1) is 6.10 Å². The Balaban J connectivity index is 1.52. The SMILES string of the molecule is C[C@H]1C=C[C@@H]2[C@H]3C/C=C\C=C\C(=O)NCC[C@H](O)[C@@H]4NC(=O)C(=C4O)C(=O)CC/C=C/[C@@H]3C[C@@H]21. The van der Waals surface area contributed by atoms with Crippen molar-refractivity contribution in [1.29, 1.82) is 0 Å². The fourth-order valence-corrected chi connectivity index (χ4v) is 5.84. The number of aliphatic hydroxyl groups excluding tert-OH is 2. The normalized spacial score (nSPS) is 39.7. The van der Waals surface area contributed by atoms with Crippen molar-refractivity contribution in [1.82, 2.24) is 10.6 Å². The fraction of sp³-hybridized carbons (Fsp3) is 0.519. The molecule has 182 valence electrons. The number of rotatable bonds is 0. The number of fused-ring (bicyclic) bond motifs is 4. The van der Waals surface area contributed by atoms with Crippen LogP contribution < -0.4 is 10.6 Å². The molecule has 0 radical (unpaired) electrons. The number of amides is 2. The standard InChI is InChI=1S/C27H34N2O5/c1-16-11-12-19-18-8-3-2-4-10-23(32)28-14-13-22(31)25-26(33)24(27(34)29-25)21(30)9-6-5-7-17(18)15-20(16)19/h2-5,7,10-12,16-20,22,25,31,33H,6,8-9,13-15H2,1H3,(H,28,32)(H,29,34)/b3-2-,7-5+,10-4+/t16-,17+,18-,19+,20+,22-,25-/m0/s1. The fourth-order valence-electron chi connectivity index (χ4n) is 5.84. The lowest BCUT2D eigenvalue weighted by Crippen LogP contribution is -2.41. The third kappa shape index (κ3) is 5.09. The van der Waals surface area contributed by atoms with Gasteiger partial charge < -0.3 is 20.8 Å². The van der Waals surface area contributed by atoms with Crippen LogP contribution in [0.15, 0.2) is 59.9 Å². The van der Waals surface area contributed by atoms with Crippen LogP contribution in [-0.4, -0.2) is 46.5 Å². The van der Waals surface area contributed by atoms with Crippen LogP contribution in [0.25, 0.3) is 0 Å². The largest absolute Gasteiger partial charge is 0.509 e. The van der Waals surface area contributed by atoms with Gasteiger partial charge in [-0.1, -0.05) is 49.5 Å². The summed E-state index contributed by atoms with van der Waals surface area (Å²) < 4.78 is 0. The molecular formula is C27H34N2O5. The van der Waals surface area contributed by atoms with Crippen LogP contribution in [0.3, 0.4) is 0 Å². The lowest BCUT2D eigenvalue weighted by molar-refractivity contribution is -0.122. The quantitative estimate of drug-likeness (QED) is 0.324. The molecule has 4 rings (SSSR count). The lowest BCUT2D eigenvalue weighted by Gasteiger charge is -2.20. The predicted molar refractivity (Wildman–Crippen MR) is 128 cm³/mol. The average molecular weight is 467 g/mol. The van der Waals surface area contributed by atoms with Crippen molar-refractivity contribution in [2.75, 3.05) is 6.54 Å². The summed E-state index contributed by atoms with van der Waals surface area (Å²) in [7, 11) is 0. The number of hydrogen-bond donors (Lipinski definition) is 4. The molecule has 4 N–H and O–H groups in total. The van der Waals surface area contributed by atoms with Crippen LogP contribution in [-0.2, 0) is 14.4 Å². The van der Waals surface area contributed by atoms with Crippen molar-refractivity contribution < 1.29 is 24.6 Å². The molecule has 2 heterocycles. The van der Waals surface area contributed by atoms with Gasteiger partial charge in [0.2, 0.25) is 5.91 Å². The van der Waals surface area contributed by atoms with Gasteiger partial charge in [-0.05, 0) is 55.3 Å². The zero-order chi connectivity index (χ0) is 24.2. The van der Waals surface area contributed by atoms with E-state index in [1.807, 2.05) is 12.2 Å². The Morgan fingerprint density at radius 1 is 1.03 bits per heavy atom. The molecule has 0 aromatic carbocycles. The van der Waals surface area contributed by atoms with Crippen LogP contribution in [0.5, 0.6) is 0 Å². The molecule has 7 atom stereocenters. The van der Waals surface area contributed by atoms with E-state index in [-0.39, 0.29) is 30.9 Å². The van der Waals surface area contributed by atoms with Crippen LogP contribution in [0.2, 0.25) is 0 Å². The van der Waals surface area contributed by atoms with E-state index >= 15 is 0 Å². The van der Waals surface area contributed by atoms with Gasteiger partial charge in [-0.25, -0.2) is 0 Å². The molecule has 2 aliphatic heterocycles. The molecule has 34 heavy (non-hydrogen) atoms. The van der Waals surface area contributed by atoms with E-state index in [0.29, 0.717) is 36.0 Å². The summed E-state index contributed by atoms with van der Waals surface area (Å²) in [5.74, 6) is 0.810. The van der Waals surface area contributed by atoms with Gasteiger partial charge in [-0.15, -0.1) is 0 Å². The number of hydrogen-bond acceptors (Lipinski definition) is 5. The Kier molecular flexibility index (Phi) is 7.51. The third-order valence-electron chi connectivity index (χ3n) is 7.69. The van der Waals surface area contributed by atoms with Gasteiger partial charge in [-0.2, -0.15) is 0 Å². The van der Waals surface area contributed by atoms with Crippen molar-refractivity contribution in [2.24, 2.45) is 29.6 Å². The minimum absolute atomic E-state index is 0.117. The number of nitrogens with one attached hydrogen (secondary N) is 2. The van der Waals surface area contributed by atoms with Crippen LogP contribution in [0.1, 0.15) is 39.0 Å². The molecule has 1 saturated carbocycles. The van der Waals surface area contributed by atoms with Gasteiger partial charge in [0.1, 0.15) is 17.4 Å². The Labute approximate surface area is 200 Å². The molecular weight excluding hydrogens is 432 g/mol. The van der Waals surface area contributed by atoms with Gasteiger partial charge in [0.25, 0.3) is 5.91 Å². The molecule has 0 saturated heterocycles. The maximum Gasteiger partial charge on any atom is 0.259 e. The van der Waals surface area contributed by atoms with E-state index in [0.717, 1.165) is 12.8 Å².